The molecule has 5 rings (SSSR count). The van der Waals surface area contributed by atoms with Gasteiger partial charge in [0.25, 0.3) is 0 Å². The van der Waals surface area contributed by atoms with Crippen LogP contribution in [0.3, 0.4) is 0 Å². The Bertz CT molecular complexity index is 936. The van der Waals surface area contributed by atoms with Gasteiger partial charge in [0, 0.05) is 35.5 Å². The number of fused-ring (bicyclic) bond motifs is 1. The van der Waals surface area contributed by atoms with Gasteiger partial charge < -0.3 is 14.4 Å². The third-order valence-corrected chi connectivity index (χ3v) is 5.54. The smallest absolute Gasteiger partial charge is 0.178 e. The first-order chi connectivity index (χ1) is 13.9. The molecule has 0 radical (unpaired) electrons. The van der Waals surface area contributed by atoms with Crippen LogP contribution in [0, 0.1) is 0 Å². The summed E-state index contributed by atoms with van der Waals surface area (Å²) < 4.78 is 12.2. The number of ether oxygens (including phenoxy) is 2. The van der Waals surface area contributed by atoms with Crippen LogP contribution in [0.25, 0.3) is 6.08 Å². The Balaban J connectivity index is 1.56. The zero-order valence-corrected chi connectivity index (χ0v) is 15.8. The van der Waals surface area contributed by atoms with Crippen LogP contribution in [0.5, 0.6) is 5.75 Å². The third-order valence-electron chi connectivity index (χ3n) is 5.54. The zero-order chi connectivity index (χ0) is 18.8. The summed E-state index contributed by atoms with van der Waals surface area (Å²) in [6, 6.07) is 27.3. The van der Waals surface area contributed by atoms with E-state index in [1.54, 1.807) is 0 Å². The van der Waals surface area contributed by atoms with E-state index >= 15 is 0 Å². The van der Waals surface area contributed by atoms with E-state index in [-0.39, 0.29) is 0 Å². The maximum absolute atomic E-state index is 6.70. The van der Waals surface area contributed by atoms with Crippen molar-refractivity contribution in [1.82, 2.24) is 0 Å². The molecule has 3 aromatic rings. The average molecular weight is 369 g/mol. The van der Waals surface area contributed by atoms with Gasteiger partial charge in [0.2, 0.25) is 0 Å². The lowest BCUT2D eigenvalue weighted by atomic mass is 9.83. The Morgan fingerprint density at radius 1 is 0.750 bits per heavy atom. The summed E-state index contributed by atoms with van der Waals surface area (Å²) in [6.45, 7) is 3.44. The maximum atomic E-state index is 6.70. The van der Waals surface area contributed by atoms with Crippen molar-refractivity contribution in [1.29, 1.82) is 0 Å². The summed E-state index contributed by atoms with van der Waals surface area (Å²) in [5.74, 6) is 0.909. The molecule has 0 bridgehead atoms. The molecular formula is C25H23NO2. The molecule has 3 nitrogen and oxygen atoms in total. The lowest BCUT2D eigenvalue weighted by Gasteiger charge is -2.36. The van der Waals surface area contributed by atoms with Gasteiger partial charge in [-0.15, -0.1) is 0 Å². The number of nitrogens with zero attached hydrogens (tertiary/aromatic N) is 1. The zero-order valence-electron chi connectivity index (χ0n) is 15.8. The summed E-state index contributed by atoms with van der Waals surface area (Å²) in [4.78, 5) is 2.37. The molecule has 0 N–H and O–H groups in total. The topological polar surface area (TPSA) is 21.7 Å². The SMILES string of the molecule is C1=CC(c2ccccc2)(c2ccccc2)Oc2ccc(N3CCOCC3)cc21. The number of morpholine rings is 1. The van der Waals surface area contributed by atoms with Crippen molar-refractivity contribution in [2.45, 2.75) is 5.60 Å². The second-order valence-corrected chi connectivity index (χ2v) is 7.22. The van der Waals surface area contributed by atoms with Gasteiger partial charge in [-0.3, -0.25) is 0 Å². The molecule has 0 aliphatic carbocycles. The van der Waals surface area contributed by atoms with Crippen LogP contribution >= 0.6 is 0 Å². The molecule has 1 saturated heterocycles. The standard InChI is InChI=1S/C25H23NO2/c1-3-7-21(8-4-1)25(22-9-5-2-6-10-22)14-13-20-19-23(11-12-24(20)28-25)26-15-17-27-18-16-26/h1-14,19H,15-18H2. The maximum Gasteiger partial charge on any atom is 0.178 e. The van der Waals surface area contributed by atoms with E-state index in [1.807, 2.05) is 12.1 Å². The molecule has 0 atom stereocenters. The van der Waals surface area contributed by atoms with Crippen LogP contribution < -0.4 is 9.64 Å². The minimum absolute atomic E-state index is 0.615. The van der Waals surface area contributed by atoms with E-state index in [1.165, 1.54) is 5.69 Å². The highest BCUT2D eigenvalue weighted by Gasteiger charge is 2.36. The molecule has 2 aliphatic heterocycles. The highest BCUT2D eigenvalue weighted by atomic mass is 16.5. The van der Waals surface area contributed by atoms with Crippen molar-refractivity contribution in [2.75, 3.05) is 31.2 Å². The largest absolute Gasteiger partial charge is 0.473 e. The third kappa shape index (κ3) is 2.98. The van der Waals surface area contributed by atoms with Crippen molar-refractivity contribution >= 4 is 11.8 Å². The fraction of sp³-hybridized carbons (Fsp3) is 0.200. The quantitative estimate of drug-likeness (QED) is 0.657. The molecule has 2 aliphatic rings. The lowest BCUT2D eigenvalue weighted by Crippen LogP contribution is -2.36. The van der Waals surface area contributed by atoms with Crippen molar-refractivity contribution in [3.8, 4) is 5.75 Å². The fourth-order valence-corrected chi connectivity index (χ4v) is 4.04. The Morgan fingerprint density at radius 2 is 1.39 bits per heavy atom. The van der Waals surface area contributed by atoms with Crippen LogP contribution in [0.4, 0.5) is 5.69 Å². The number of hydrogen-bond acceptors (Lipinski definition) is 3. The highest BCUT2D eigenvalue weighted by molar-refractivity contribution is 5.69. The first-order valence-corrected chi connectivity index (χ1v) is 9.81. The van der Waals surface area contributed by atoms with Gasteiger partial charge in [-0.05, 0) is 24.3 Å². The molecule has 0 aromatic heterocycles. The number of anilines is 1. The van der Waals surface area contributed by atoms with Gasteiger partial charge in [0.1, 0.15) is 5.75 Å². The number of benzene rings is 3. The Kier molecular flexibility index (Phi) is 4.38. The van der Waals surface area contributed by atoms with Crippen molar-refractivity contribution in [3.63, 3.8) is 0 Å². The summed E-state index contributed by atoms with van der Waals surface area (Å²) in [5.41, 5.74) is 3.98. The minimum atomic E-state index is -0.615. The van der Waals surface area contributed by atoms with Crippen molar-refractivity contribution in [2.24, 2.45) is 0 Å². The first kappa shape index (κ1) is 17.1. The van der Waals surface area contributed by atoms with Gasteiger partial charge in [0.05, 0.1) is 13.2 Å². The van der Waals surface area contributed by atoms with Gasteiger partial charge in [-0.1, -0.05) is 66.7 Å². The molecule has 0 amide bonds. The lowest BCUT2D eigenvalue weighted by molar-refractivity contribution is 0.122. The minimum Gasteiger partial charge on any atom is -0.473 e. The van der Waals surface area contributed by atoms with Crippen LogP contribution in [0.15, 0.2) is 84.9 Å². The molecule has 3 aromatic carbocycles. The fourth-order valence-electron chi connectivity index (χ4n) is 4.04. The molecular weight excluding hydrogens is 346 g/mol. The first-order valence-electron chi connectivity index (χ1n) is 9.81. The molecule has 0 saturated carbocycles. The van der Waals surface area contributed by atoms with Crippen LogP contribution in [-0.4, -0.2) is 26.3 Å². The van der Waals surface area contributed by atoms with Crippen molar-refractivity contribution < 1.29 is 9.47 Å². The molecule has 140 valence electrons. The summed E-state index contributed by atoms with van der Waals surface area (Å²) in [7, 11) is 0. The van der Waals surface area contributed by atoms with Gasteiger partial charge in [-0.2, -0.15) is 0 Å². The summed E-state index contributed by atoms with van der Waals surface area (Å²) in [5, 5.41) is 0. The van der Waals surface area contributed by atoms with Crippen LogP contribution in [0.1, 0.15) is 16.7 Å². The van der Waals surface area contributed by atoms with E-state index < -0.39 is 5.60 Å². The Morgan fingerprint density at radius 3 is 2.04 bits per heavy atom. The molecule has 3 heteroatoms. The average Bonchev–Trinajstić information content (AvgIpc) is 2.80. The number of rotatable bonds is 3. The van der Waals surface area contributed by atoms with E-state index in [0.717, 1.165) is 48.7 Å². The van der Waals surface area contributed by atoms with Gasteiger partial charge in [-0.25, -0.2) is 0 Å². The predicted molar refractivity (Wildman–Crippen MR) is 113 cm³/mol. The molecule has 0 spiro atoms. The molecule has 28 heavy (non-hydrogen) atoms. The predicted octanol–water partition coefficient (Wildman–Crippen LogP) is 4.87. The summed E-state index contributed by atoms with van der Waals surface area (Å²) >= 11 is 0. The van der Waals surface area contributed by atoms with Gasteiger partial charge >= 0.3 is 0 Å². The van der Waals surface area contributed by atoms with E-state index in [2.05, 4.69) is 83.8 Å². The number of hydrogen-bond donors (Lipinski definition) is 0. The Hall–Kier alpha value is -3.04. The van der Waals surface area contributed by atoms with Gasteiger partial charge in [0.15, 0.2) is 5.60 Å². The summed E-state index contributed by atoms with van der Waals surface area (Å²) in [6.07, 6.45) is 4.38. The normalized spacial score (nSPS) is 17.6. The van der Waals surface area contributed by atoms with E-state index in [0.29, 0.717) is 0 Å². The monoisotopic (exact) mass is 369 g/mol. The van der Waals surface area contributed by atoms with E-state index in [4.69, 9.17) is 9.47 Å². The van der Waals surface area contributed by atoms with Crippen LogP contribution in [0.2, 0.25) is 0 Å². The second-order valence-electron chi connectivity index (χ2n) is 7.22. The highest BCUT2D eigenvalue weighted by Crippen LogP contribution is 2.42. The molecule has 1 fully saturated rings. The second kappa shape index (κ2) is 7.17. The van der Waals surface area contributed by atoms with Crippen LogP contribution in [-0.2, 0) is 10.3 Å². The molecule has 0 unspecified atom stereocenters. The van der Waals surface area contributed by atoms with Crippen molar-refractivity contribution in [3.05, 3.63) is 102 Å². The molecule has 2 heterocycles. The Labute approximate surface area is 165 Å². The van der Waals surface area contributed by atoms with E-state index in [9.17, 15) is 0 Å².